The molecule has 0 atom stereocenters. The van der Waals surface area contributed by atoms with Crippen molar-refractivity contribution in [1.82, 2.24) is 0 Å². The van der Waals surface area contributed by atoms with Gasteiger partial charge in [-0.3, -0.25) is 4.79 Å². The van der Waals surface area contributed by atoms with Crippen molar-refractivity contribution >= 4 is 5.97 Å². The second-order valence-corrected chi connectivity index (χ2v) is 4.72. The highest BCUT2D eigenvalue weighted by atomic mass is 16.4. The number of hydrogen-bond donors (Lipinski definition) is 1. The standard InChI is InChI=1S/C11H20O2/c1-11(2,10(12)13)9-7-5-3-4-6-8-9/h9H,3-8H2,1-2H3,(H,12,13). The molecule has 2 nitrogen and oxygen atoms in total. The number of carbonyl (C=O) groups is 1. The Morgan fingerprint density at radius 2 is 1.62 bits per heavy atom. The van der Waals surface area contributed by atoms with Crippen LogP contribution in [-0.4, -0.2) is 11.1 Å². The van der Waals surface area contributed by atoms with Gasteiger partial charge in [0, 0.05) is 0 Å². The normalized spacial score (nSPS) is 21.1. The highest BCUT2D eigenvalue weighted by molar-refractivity contribution is 5.74. The Bertz CT molecular complexity index is 177. The average Bonchev–Trinajstić information content (AvgIpc) is 2.31. The summed E-state index contributed by atoms with van der Waals surface area (Å²) in [6.45, 7) is 3.73. The van der Waals surface area contributed by atoms with E-state index in [2.05, 4.69) is 0 Å². The summed E-state index contributed by atoms with van der Waals surface area (Å²) in [5.41, 5.74) is -0.523. The number of rotatable bonds is 2. The Morgan fingerprint density at radius 1 is 1.15 bits per heavy atom. The van der Waals surface area contributed by atoms with Gasteiger partial charge in [0.1, 0.15) is 0 Å². The van der Waals surface area contributed by atoms with E-state index in [4.69, 9.17) is 5.11 Å². The Hall–Kier alpha value is -0.530. The molecule has 2 heteroatoms. The summed E-state index contributed by atoms with van der Waals surface area (Å²) >= 11 is 0. The van der Waals surface area contributed by atoms with Gasteiger partial charge in [-0.15, -0.1) is 0 Å². The van der Waals surface area contributed by atoms with Gasteiger partial charge in [0.15, 0.2) is 0 Å². The third-order valence-corrected chi connectivity index (χ3v) is 3.43. The maximum absolute atomic E-state index is 11.0. The van der Waals surface area contributed by atoms with Gasteiger partial charge >= 0.3 is 5.97 Å². The van der Waals surface area contributed by atoms with Crippen molar-refractivity contribution in [3.63, 3.8) is 0 Å². The van der Waals surface area contributed by atoms with E-state index in [0.29, 0.717) is 5.92 Å². The molecule has 1 saturated carbocycles. The van der Waals surface area contributed by atoms with E-state index >= 15 is 0 Å². The van der Waals surface area contributed by atoms with E-state index in [9.17, 15) is 4.79 Å². The van der Waals surface area contributed by atoms with Crippen LogP contribution in [0.3, 0.4) is 0 Å². The highest BCUT2D eigenvalue weighted by Gasteiger charge is 2.36. The van der Waals surface area contributed by atoms with Gasteiger partial charge < -0.3 is 5.11 Å². The van der Waals surface area contributed by atoms with Gasteiger partial charge in [-0.1, -0.05) is 25.7 Å². The molecular formula is C11H20O2. The minimum Gasteiger partial charge on any atom is -0.481 e. The van der Waals surface area contributed by atoms with Crippen LogP contribution < -0.4 is 0 Å². The molecule has 0 aromatic rings. The molecule has 0 bridgehead atoms. The Morgan fingerprint density at radius 3 is 2.00 bits per heavy atom. The Balaban J connectivity index is 2.62. The van der Waals surface area contributed by atoms with Crippen LogP contribution in [0.2, 0.25) is 0 Å². The lowest BCUT2D eigenvalue weighted by Crippen LogP contribution is -2.32. The van der Waals surface area contributed by atoms with Crippen LogP contribution in [-0.2, 0) is 4.79 Å². The molecule has 1 aliphatic carbocycles. The minimum atomic E-state index is -0.639. The lowest BCUT2D eigenvalue weighted by atomic mass is 9.75. The molecule has 0 spiro atoms. The van der Waals surface area contributed by atoms with E-state index in [-0.39, 0.29) is 0 Å². The maximum Gasteiger partial charge on any atom is 0.309 e. The zero-order valence-corrected chi connectivity index (χ0v) is 8.68. The highest BCUT2D eigenvalue weighted by Crippen LogP contribution is 2.37. The molecule has 0 aromatic heterocycles. The smallest absolute Gasteiger partial charge is 0.309 e. The van der Waals surface area contributed by atoms with Crippen LogP contribution in [0.1, 0.15) is 52.4 Å². The second-order valence-electron chi connectivity index (χ2n) is 4.72. The number of hydrogen-bond acceptors (Lipinski definition) is 1. The number of carboxylic acids is 1. The molecule has 0 radical (unpaired) electrons. The molecule has 1 N–H and O–H groups in total. The van der Waals surface area contributed by atoms with E-state index < -0.39 is 11.4 Å². The van der Waals surface area contributed by atoms with Crippen molar-refractivity contribution in [2.75, 3.05) is 0 Å². The van der Waals surface area contributed by atoms with Crippen LogP contribution >= 0.6 is 0 Å². The summed E-state index contributed by atoms with van der Waals surface area (Å²) < 4.78 is 0. The van der Waals surface area contributed by atoms with Gasteiger partial charge in [0.25, 0.3) is 0 Å². The van der Waals surface area contributed by atoms with Crippen LogP contribution in [0.4, 0.5) is 0 Å². The molecule has 0 unspecified atom stereocenters. The SMILES string of the molecule is CC(C)(C(=O)O)C1CCCCCC1. The first-order valence-corrected chi connectivity index (χ1v) is 5.28. The molecule has 1 aliphatic rings. The fourth-order valence-corrected chi connectivity index (χ4v) is 2.18. The van der Waals surface area contributed by atoms with Gasteiger partial charge in [-0.05, 0) is 32.6 Å². The molecule has 0 saturated heterocycles. The quantitative estimate of drug-likeness (QED) is 0.670. The van der Waals surface area contributed by atoms with Crippen molar-refractivity contribution in [2.45, 2.75) is 52.4 Å². The first kappa shape index (κ1) is 10.6. The molecule has 13 heavy (non-hydrogen) atoms. The third kappa shape index (κ3) is 2.45. The van der Waals surface area contributed by atoms with Crippen LogP contribution in [0.25, 0.3) is 0 Å². The van der Waals surface area contributed by atoms with Crippen molar-refractivity contribution in [3.8, 4) is 0 Å². The summed E-state index contributed by atoms with van der Waals surface area (Å²) in [5.74, 6) is -0.257. The summed E-state index contributed by atoms with van der Waals surface area (Å²) in [4.78, 5) is 11.0. The Kier molecular flexibility index (Phi) is 3.34. The summed E-state index contributed by atoms with van der Waals surface area (Å²) in [6, 6.07) is 0. The van der Waals surface area contributed by atoms with Gasteiger partial charge in [0.05, 0.1) is 5.41 Å². The fourth-order valence-electron chi connectivity index (χ4n) is 2.18. The summed E-state index contributed by atoms with van der Waals surface area (Å²) in [5, 5.41) is 9.09. The van der Waals surface area contributed by atoms with Gasteiger partial charge in [-0.2, -0.15) is 0 Å². The molecular weight excluding hydrogens is 164 g/mol. The molecule has 0 heterocycles. The third-order valence-electron chi connectivity index (χ3n) is 3.43. The predicted molar refractivity (Wildman–Crippen MR) is 52.6 cm³/mol. The molecule has 0 aliphatic heterocycles. The molecule has 1 fully saturated rings. The van der Waals surface area contributed by atoms with Crippen LogP contribution in [0, 0.1) is 11.3 Å². The predicted octanol–water partition coefficient (Wildman–Crippen LogP) is 3.07. The maximum atomic E-state index is 11.0. The molecule has 1 rings (SSSR count). The van der Waals surface area contributed by atoms with Crippen molar-refractivity contribution < 1.29 is 9.90 Å². The topological polar surface area (TPSA) is 37.3 Å². The van der Waals surface area contributed by atoms with Crippen molar-refractivity contribution in [3.05, 3.63) is 0 Å². The number of aliphatic carboxylic acids is 1. The van der Waals surface area contributed by atoms with E-state index in [1.807, 2.05) is 13.8 Å². The molecule has 76 valence electrons. The zero-order valence-electron chi connectivity index (χ0n) is 8.68. The first-order valence-electron chi connectivity index (χ1n) is 5.28. The second kappa shape index (κ2) is 4.12. The van der Waals surface area contributed by atoms with E-state index in [1.54, 1.807) is 0 Å². The fraction of sp³-hybridized carbons (Fsp3) is 0.909. The van der Waals surface area contributed by atoms with E-state index in [0.717, 1.165) is 12.8 Å². The Labute approximate surface area is 80.3 Å². The number of carboxylic acid groups (broad SMARTS) is 1. The van der Waals surface area contributed by atoms with Crippen molar-refractivity contribution in [2.24, 2.45) is 11.3 Å². The van der Waals surface area contributed by atoms with Gasteiger partial charge in [0.2, 0.25) is 0 Å². The zero-order chi connectivity index (χ0) is 9.90. The monoisotopic (exact) mass is 184 g/mol. The van der Waals surface area contributed by atoms with Crippen LogP contribution in [0.15, 0.2) is 0 Å². The lowest BCUT2D eigenvalue weighted by Gasteiger charge is -2.29. The average molecular weight is 184 g/mol. The molecule has 0 amide bonds. The van der Waals surface area contributed by atoms with Crippen molar-refractivity contribution in [1.29, 1.82) is 0 Å². The summed E-state index contributed by atoms with van der Waals surface area (Å²) in [7, 11) is 0. The van der Waals surface area contributed by atoms with Gasteiger partial charge in [-0.25, -0.2) is 0 Å². The largest absolute Gasteiger partial charge is 0.481 e. The summed E-state index contributed by atoms with van der Waals surface area (Å²) in [6.07, 6.45) is 7.18. The minimum absolute atomic E-state index is 0.382. The van der Waals surface area contributed by atoms with E-state index in [1.165, 1.54) is 25.7 Å². The first-order chi connectivity index (χ1) is 6.05. The van der Waals surface area contributed by atoms with Crippen LogP contribution in [0.5, 0.6) is 0 Å². The molecule has 0 aromatic carbocycles. The lowest BCUT2D eigenvalue weighted by molar-refractivity contribution is -0.150.